The van der Waals surface area contributed by atoms with Crippen molar-refractivity contribution in [1.29, 1.82) is 0 Å². The molecule has 0 unspecified atom stereocenters. The van der Waals surface area contributed by atoms with Gasteiger partial charge in [0, 0.05) is 23.5 Å². The van der Waals surface area contributed by atoms with Gasteiger partial charge in [0.25, 0.3) is 5.91 Å². The molecule has 0 fully saturated rings. The first-order chi connectivity index (χ1) is 16.5. The van der Waals surface area contributed by atoms with Crippen LogP contribution in [0, 0.1) is 5.82 Å². The van der Waals surface area contributed by atoms with E-state index in [0.717, 1.165) is 21.2 Å². The number of benzene rings is 3. The van der Waals surface area contributed by atoms with Gasteiger partial charge < -0.3 is 9.80 Å². The van der Waals surface area contributed by atoms with Crippen LogP contribution in [0.1, 0.15) is 20.8 Å². The number of nitrogens with zero attached hydrogens (tertiary/aromatic N) is 2. The van der Waals surface area contributed by atoms with Gasteiger partial charge in [-0.1, -0.05) is 54.6 Å². The van der Waals surface area contributed by atoms with E-state index in [0.29, 0.717) is 18.7 Å². The number of halogens is 1. The lowest BCUT2D eigenvalue weighted by Gasteiger charge is -2.27. The van der Waals surface area contributed by atoms with Gasteiger partial charge in [-0.15, -0.1) is 17.9 Å². The molecule has 1 heterocycles. The SMILES string of the molecule is C=CCN(CC(=O)N(Cc1ccc(F)cc1)Cc1cccs1)C(=O)c1ccc2ccccc2c1. The zero-order chi connectivity index (χ0) is 23.9. The first-order valence-electron chi connectivity index (χ1n) is 11.0. The first-order valence-corrected chi connectivity index (χ1v) is 11.8. The minimum Gasteiger partial charge on any atom is -0.332 e. The fraction of sp³-hybridized carbons (Fsp3) is 0.143. The summed E-state index contributed by atoms with van der Waals surface area (Å²) < 4.78 is 13.4. The maximum Gasteiger partial charge on any atom is 0.254 e. The Morgan fingerprint density at radius 3 is 2.35 bits per heavy atom. The fourth-order valence-electron chi connectivity index (χ4n) is 3.78. The normalized spacial score (nSPS) is 10.7. The summed E-state index contributed by atoms with van der Waals surface area (Å²) in [7, 11) is 0. The number of carbonyl (C=O) groups excluding carboxylic acids is 2. The minimum absolute atomic E-state index is 0.0791. The number of hydrogen-bond donors (Lipinski definition) is 0. The summed E-state index contributed by atoms with van der Waals surface area (Å²) in [6.07, 6.45) is 1.62. The number of rotatable bonds is 9. The molecule has 6 heteroatoms. The van der Waals surface area contributed by atoms with E-state index in [1.165, 1.54) is 17.0 Å². The molecule has 0 saturated carbocycles. The Bertz CT molecular complexity index is 1290. The highest BCUT2D eigenvalue weighted by Gasteiger charge is 2.22. The Hall–Kier alpha value is -3.77. The summed E-state index contributed by atoms with van der Waals surface area (Å²) in [5.74, 6) is -0.733. The van der Waals surface area contributed by atoms with Gasteiger partial charge in [0.05, 0.1) is 6.54 Å². The van der Waals surface area contributed by atoms with Gasteiger partial charge >= 0.3 is 0 Å². The maximum atomic E-state index is 13.4. The summed E-state index contributed by atoms with van der Waals surface area (Å²) in [5.41, 5.74) is 1.35. The molecule has 0 atom stereocenters. The number of thiophene rings is 1. The van der Waals surface area contributed by atoms with Crippen molar-refractivity contribution < 1.29 is 14.0 Å². The molecule has 0 radical (unpaired) electrons. The molecule has 0 N–H and O–H groups in total. The van der Waals surface area contributed by atoms with Crippen molar-refractivity contribution in [3.05, 3.63) is 119 Å². The number of carbonyl (C=O) groups is 2. The van der Waals surface area contributed by atoms with Crippen LogP contribution in [0.5, 0.6) is 0 Å². The lowest BCUT2D eigenvalue weighted by molar-refractivity contribution is -0.133. The number of fused-ring (bicyclic) bond motifs is 1. The average Bonchev–Trinajstić information content (AvgIpc) is 3.37. The van der Waals surface area contributed by atoms with E-state index < -0.39 is 0 Å². The van der Waals surface area contributed by atoms with E-state index in [-0.39, 0.29) is 30.7 Å². The van der Waals surface area contributed by atoms with E-state index in [4.69, 9.17) is 0 Å². The second kappa shape index (κ2) is 10.9. The van der Waals surface area contributed by atoms with Crippen molar-refractivity contribution in [2.24, 2.45) is 0 Å². The van der Waals surface area contributed by atoms with Crippen LogP contribution in [-0.2, 0) is 17.9 Å². The molecule has 172 valence electrons. The summed E-state index contributed by atoms with van der Waals surface area (Å²) in [4.78, 5) is 31.0. The Morgan fingerprint density at radius 1 is 0.882 bits per heavy atom. The van der Waals surface area contributed by atoms with Crippen molar-refractivity contribution in [3.63, 3.8) is 0 Å². The van der Waals surface area contributed by atoms with Gasteiger partial charge in [-0.25, -0.2) is 4.39 Å². The van der Waals surface area contributed by atoms with Crippen LogP contribution in [0.2, 0.25) is 0 Å². The molecular formula is C28H25FN2O2S. The average molecular weight is 473 g/mol. The molecule has 0 spiro atoms. The lowest BCUT2D eigenvalue weighted by atomic mass is 10.1. The second-order valence-electron chi connectivity index (χ2n) is 7.99. The van der Waals surface area contributed by atoms with Crippen molar-refractivity contribution in [3.8, 4) is 0 Å². The number of hydrogen-bond acceptors (Lipinski definition) is 3. The number of amides is 2. The molecule has 3 aromatic carbocycles. The van der Waals surface area contributed by atoms with Crippen LogP contribution >= 0.6 is 11.3 Å². The Kier molecular flexibility index (Phi) is 7.50. The van der Waals surface area contributed by atoms with Gasteiger partial charge in [0.2, 0.25) is 5.91 Å². The topological polar surface area (TPSA) is 40.6 Å². The maximum absolute atomic E-state index is 13.4. The predicted octanol–water partition coefficient (Wildman–Crippen LogP) is 5.90. The molecule has 0 bridgehead atoms. The molecule has 0 aliphatic rings. The van der Waals surface area contributed by atoms with Crippen molar-refractivity contribution in [2.75, 3.05) is 13.1 Å². The largest absolute Gasteiger partial charge is 0.332 e. The van der Waals surface area contributed by atoms with Gasteiger partial charge in [0.1, 0.15) is 12.4 Å². The summed E-state index contributed by atoms with van der Waals surface area (Å²) in [6.45, 7) is 4.67. The molecule has 0 saturated heterocycles. The second-order valence-corrected chi connectivity index (χ2v) is 9.02. The molecule has 4 rings (SSSR count). The van der Waals surface area contributed by atoms with Crippen LogP contribution in [0.15, 0.2) is 96.9 Å². The Labute approximate surface area is 202 Å². The van der Waals surface area contributed by atoms with E-state index in [1.807, 2.05) is 53.9 Å². The molecular weight excluding hydrogens is 447 g/mol. The van der Waals surface area contributed by atoms with Gasteiger partial charge in [-0.3, -0.25) is 9.59 Å². The summed E-state index contributed by atoms with van der Waals surface area (Å²) in [6, 6.07) is 23.4. The highest BCUT2D eigenvalue weighted by Crippen LogP contribution is 2.19. The van der Waals surface area contributed by atoms with Crippen LogP contribution in [-0.4, -0.2) is 34.7 Å². The smallest absolute Gasteiger partial charge is 0.254 e. The highest BCUT2D eigenvalue weighted by molar-refractivity contribution is 7.09. The lowest BCUT2D eigenvalue weighted by Crippen LogP contribution is -2.42. The van der Waals surface area contributed by atoms with Crippen molar-refractivity contribution >= 4 is 33.9 Å². The third-order valence-corrected chi connectivity index (χ3v) is 6.39. The quantitative estimate of drug-likeness (QED) is 0.285. The third kappa shape index (κ3) is 5.77. The molecule has 1 aromatic heterocycles. The monoisotopic (exact) mass is 472 g/mol. The zero-order valence-corrected chi connectivity index (χ0v) is 19.5. The van der Waals surface area contributed by atoms with Gasteiger partial charge in [0.15, 0.2) is 0 Å². The van der Waals surface area contributed by atoms with E-state index in [2.05, 4.69) is 6.58 Å². The minimum atomic E-state index is -0.321. The fourth-order valence-corrected chi connectivity index (χ4v) is 4.50. The van der Waals surface area contributed by atoms with Crippen LogP contribution < -0.4 is 0 Å². The van der Waals surface area contributed by atoms with Crippen LogP contribution in [0.4, 0.5) is 4.39 Å². The van der Waals surface area contributed by atoms with Crippen molar-refractivity contribution in [1.82, 2.24) is 9.80 Å². The molecule has 4 aromatic rings. The van der Waals surface area contributed by atoms with Crippen LogP contribution in [0.3, 0.4) is 0 Å². The molecule has 0 aliphatic heterocycles. The Balaban J connectivity index is 1.55. The van der Waals surface area contributed by atoms with E-state index >= 15 is 0 Å². The highest BCUT2D eigenvalue weighted by atomic mass is 32.1. The van der Waals surface area contributed by atoms with Crippen LogP contribution in [0.25, 0.3) is 10.8 Å². The van der Waals surface area contributed by atoms with Gasteiger partial charge in [-0.05, 0) is 52.0 Å². The first kappa shape index (κ1) is 23.4. The molecule has 2 amide bonds. The summed E-state index contributed by atoms with van der Waals surface area (Å²) in [5, 5.41) is 3.98. The molecule has 4 nitrogen and oxygen atoms in total. The van der Waals surface area contributed by atoms with Gasteiger partial charge in [-0.2, -0.15) is 0 Å². The van der Waals surface area contributed by atoms with E-state index in [1.54, 1.807) is 40.5 Å². The zero-order valence-electron chi connectivity index (χ0n) is 18.7. The standard InChI is InChI=1S/C28H25FN2O2S/c1-2-15-30(28(33)24-12-11-22-6-3-4-7-23(22)17-24)20-27(32)31(19-26-8-5-16-34-26)18-21-9-13-25(29)14-10-21/h2-14,16-17H,1,15,18-20H2. The Morgan fingerprint density at radius 2 is 1.65 bits per heavy atom. The predicted molar refractivity (Wildman–Crippen MR) is 135 cm³/mol. The van der Waals surface area contributed by atoms with Crippen molar-refractivity contribution in [2.45, 2.75) is 13.1 Å². The van der Waals surface area contributed by atoms with E-state index in [9.17, 15) is 14.0 Å². The molecule has 34 heavy (non-hydrogen) atoms. The summed E-state index contributed by atoms with van der Waals surface area (Å²) >= 11 is 1.56. The third-order valence-electron chi connectivity index (χ3n) is 5.53. The molecule has 0 aliphatic carbocycles.